The van der Waals surface area contributed by atoms with Crippen molar-refractivity contribution < 1.29 is 19.4 Å². The zero-order valence-corrected chi connectivity index (χ0v) is 19.1. The summed E-state index contributed by atoms with van der Waals surface area (Å²) < 4.78 is 7.73. The minimum absolute atomic E-state index is 0.0874. The zero-order chi connectivity index (χ0) is 23.3. The Morgan fingerprint density at radius 1 is 1.15 bits per heavy atom. The molecule has 2 aromatic carbocycles. The van der Waals surface area contributed by atoms with Crippen molar-refractivity contribution in [1.29, 1.82) is 0 Å². The van der Waals surface area contributed by atoms with E-state index in [9.17, 15) is 14.7 Å². The van der Waals surface area contributed by atoms with Crippen LogP contribution in [0.15, 0.2) is 54.7 Å². The van der Waals surface area contributed by atoms with Gasteiger partial charge in [-0.1, -0.05) is 18.2 Å². The molecule has 0 saturated heterocycles. The first kappa shape index (κ1) is 21.5. The fourth-order valence-corrected chi connectivity index (χ4v) is 5.13. The number of likely N-dealkylation sites (N-methyl/N-ethyl adjacent to an activating group) is 1. The van der Waals surface area contributed by atoms with Crippen LogP contribution in [0.25, 0.3) is 16.5 Å². The van der Waals surface area contributed by atoms with Crippen LogP contribution in [0, 0.1) is 5.92 Å². The Morgan fingerprint density at radius 3 is 2.64 bits per heavy atom. The molecule has 0 unspecified atom stereocenters. The molecule has 2 heterocycles. The van der Waals surface area contributed by atoms with Crippen LogP contribution in [0.5, 0.6) is 5.75 Å². The van der Waals surface area contributed by atoms with Crippen molar-refractivity contribution >= 4 is 28.2 Å². The van der Waals surface area contributed by atoms with Crippen LogP contribution in [-0.2, 0) is 16.0 Å². The second kappa shape index (κ2) is 8.19. The normalized spacial score (nSPS) is 19.9. The number of Topliss-reactive ketones (excluding diaryl/α,β-unsaturated/α-hetero) is 1. The van der Waals surface area contributed by atoms with Crippen molar-refractivity contribution in [3.8, 4) is 5.75 Å². The number of ether oxygens (including phenoxy) is 1. The lowest BCUT2D eigenvalue weighted by Crippen LogP contribution is -2.44. The zero-order valence-electron chi connectivity index (χ0n) is 19.1. The lowest BCUT2D eigenvalue weighted by atomic mass is 9.80. The molecule has 0 bridgehead atoms. The fourth-order valence-electron chi connectivity index (χ4n) is 5.13. The summed E-state index contributed by atoms with van der Waals surface area (Å²) >= 11 is 0. The Bertz CT molecular complexity index is 1270. The minimum Gasteiger partial charge on any atom is -0.508 e. The lowest BCUT2D eigenvalue weighted by molar-refractivity contribution is -0.146. The number of rotatable bonds is 5. The van der Waals surface area contributed by atoms with Crippen molar-refractivity contribution in [2.45, 2.75) is 32.4 Å². The smallest absolute Gasteiger partial charge is 0.314 e. The molecule has 0 saturated carbocycles. The number of hydrogen-bond acceptors (Lipinski definition) is 5. The summed E-state index contributed by atoms with van der Waals surface area (Å²) in [6.07, 6.45) is 5.23. The number of aromatic hydroxyl groups is 1. The number of phenols is 1. The first-order chi connectivity index (χ1) is 15.8. The molecular formula is C27H28N2O4. The van der Waals surface area contributed by atoms with E-state index in [1.807, 2.05) is 13.1 Å². The predicted molar refractivity (Wildman–Crippen MR) is 127 cm³/mol. The van der Waals surface area contributed by atoms with Gasteiger partial charge >= 0.3 is 5.97 Å². The van der Waals surface area contributed by atoms with E-state index < -0.39 is 11.9 Å². The molecule has 3 aromatic rings. The third kappa shape index (κ3) is 3.74. The van der Waals surface area contributed by atoms with E-state index in [2.05, 4.69) is 47.7 Å². The number of nitrogens with zero attached hydrogens (tertiary/aromatic N) is 2. The molecule has 2 aliphatic rings. The van der Waals surface area contributed by atoms with Crippen molar-refractivity contribution in [3.05, 3.63) is 71.4 Å². The molecule has 2 atom stereocenters. The van der Waals surface area contributed by atoms with Crippen LogP contribution in [0.3, 0.4) is 0 Å². The number of carbonyl (C=O) groups is 2. The molecule has 1 aliphatic heterocycles. The molecule has 33 heavy (non-hydrogen) atoms. The summed E-state index contributed by atoms with van der Waals surface area (Å²) in [5, 5.41) is 10.7. The molecule has 0 fully saturated rings. The summed E-state index contributed by atoms with van der Waals surface area (Å²) in [5.74, 6) is -1.03. The SMILES string of the molecule is CC(C)n1cc2c3c(cccc31)C1=C[C@@H](C(=O)OCC(=O)c3ccc(O)cc3)CN(C)[C@@H]1C2. The first-order valence-corrected chi connectivity index (χ1v) is 11.4. The standard InChI is InChI=1S/C27H28N2O4/c1-16(2)29-14-18-12-24-22(21-5-4-6-23(29)26(18)21)11-19(13-28(24)3)27(32)33-15-25(31)17-7-9-20(30)10-8-17/h4-11,14,16,19,24,30H,12-13,15H2,1-3H3/t19-,24-/m1/s1. The summed E-state index contributed by atoms with van der Waals surface area (Å²) in [7, 11) is 2.05. The largest absolute Gasteiger partial charge is 0.508 e. The molecule has 0 amide bonds. The van der Waals surface area contributed by atoms with Gasteiger partial charge in [-0.3, -0.25) is 14.5 Å². The fraction of sp³-hybridized carbons (Fsp3) is 0.333. The van der Waals surface area contributed by atoms with Crippen LogP contribution < -0.4 is 0 Å². The van der Waals surface area contributed by atoms with Gasteiger partial charge in [0.05, 0.1) is 5.92 Å². The summed E-state index contributed by atoms with van der Waals surface area (Å²) in [4.78, 5) is 27.5. The van der Waals surface area contributed by atoms with Gasteiger partial charge in [-0.15, -0.1) is 0 Å². The van der Waals surface area contributed by atoms with Crippen molar-refractivity contribution in [3.63, 3.8) is 0 Å². The van der Waals surface area contributed by atoms with Gasteiger partial charge in [-0.05, 0) is 74.3 Å². The van der Waals surface area contributed by atoms with Crippen molar-refractivity contribution in [2.75, 3.05) is 20.2 Å². The molecule has 1 aliphatic carbocycles. The number of fused-ring (bicyclic) bond motifs is 2. The van der Waals surface area contributed by atoms with Gasteiger partial charge in [0.2, 0.25) is 0 Å². The summed E-state index contributed by atoms with van der Waals surface area (Å²) in [5.41, 5.74) is 5.33. The van der Waals surface area contributed by atoms with Crippen molar-refractivity contribution in [2.24, 2.45) is 5.92 Å². The molecule has 0 radical (unpaired) electrons. The average molecular weight is 445 g/mol. The van der Waals surface area contributed by atoms with Gasteiger partial charge in [0.15, 0.2) is 12.4 Å². The maximum absolute atomic E-state index is 12.9. The van der Waals surface area contributed by atoms with Crippen LogP contribution in [0.4, 0.5) is 0 Å². The quantitative estimate of drug-likeness (QED) is 0.471. The monoisotopic (exact) mass is 444 g/mol. The minimum atomic E-state index is -0.433. The Labute approximate surface area is 193 Å². The van der Waals surface area contributed by atoms with Gasteiger partial charge in [0.25, 0.3) is 0 Å². The molecule has 1 N–H and O–H groups in total. The number of hydrogen-bond donors (Lipinski definition) is 1. The Balaban J connectivity index is 1.40. The van der Waals surface area contributed by atoms with E-state index in [4.69, 9.17) is 4.74 Å². The Morgan fingerprint density at radius 2 is 1.91 bits per heavy atom. The lowest BCUT2D eigenvalue weighted by Gasteiger charge is -2.39. The molecular weight excluding hydrogens is 416 g/mol. The third-order valence-corrected chi connectivity index (χ3v) is 6.81. The molecule has 0 spiro atoms. The van der Waals surface area contributed by atoms with E-state index in [0.717, 1.165) is 12.0 Å². The molecule has 6 heteroatoms. The number of carbonyl (C=O) groups excluding carboxylic acids is 2. The highest BCUT2D eigenvalue weighted by Crippen LogP contribution is 2.42. The number of phenolic OH excluding ortho intramolecular Hbond substituents is 1. The second-order valence-corrected chi connectivity index (χ2v) is 9.32. The van der Waals surface area contributed by atoms with Gasteiger partial charge in [0.1, 0.15) is 5.75 Å². The topological polar surface area (TPSA) is 71.8 Å². The van der Waals surface area contributed by atoms with Gasteiger partial charge in [-0.2, -0.15) is 0 Å². The molecule has 6 nitrogen and oxygen atoms in total. The Hall–Kier alpha value is -3.38. The van der Waals surface area contributed by atoms with E-state index >= 15 is 0 Å². The Kier molecular flexibility index (Phi) is 5.33. The maximum Gasteiger partial charge on any atom is 0.314 e. The number of esters is 1. The molecule has 1 aromatic heterocycles. The van der Waals surface area contributed by atoms with Crippen LogP contribution in [0.2, 0.25) is 0 Å². The second-order valence-electron chi connectivity index (χ2n) is 9.32. The average Bonchev–Trinajstić information content (AvgIpc) is 3.18. The maximum atomic E-state index is 12.9. The summed E-state index contributed by atoms with van der Waals surface area (Å²) in [6.45, 7) is 4.62. The van der Waals surface area contributed by atoms with Crippen LogP contribution in [-0.4, -0.2) is 52.6 Å². The predicted octanol–water partition coefficient (Wildman–Crippen LogP) is 4.22. The third-order valence-electron chi connectivity index (χ3n) is 6.81. The van der Waals surface area contributed by atoms with E-state index in [-0.39, 0.29) is 24.2 Å². The number of aromatic nitrogens is 1. The van der Waals surface area contributed by atoms with Gasteiger partial charge < -0.3 is 14.4 Å². The van der Waals surface area contributed by atoms with E-state index in [1.165, 1.54) is 46.3 Å². The van der Waals surface area contributed by atoms with Crippen molar-refractivity contribution in [1.82, 2.24) is 9.47 Å². The van der Waals surface area contributed by atoms with Gasteiger partial charge in [-0.25, -0.2) is 0 Å². The molecule has 170 valence electrons. The summed E-state index contributed by atoms with van der Waals surface area (Å²) in [6, 6.07) is 12.9. The van der Waals surface area contributed by atoms with Crippen LogP contribution >= 0.6 is 0 Å². The number of benzene rings is 2. The molecule has 5 rings (SSSR count). The highest BCUT2D eigenvalue weighted by molar-refractivity contribution is 6.00. The number of ketones is 1. The van der Waals surface area contributed by atoms with E-state index in [0.29, 0.717) is 18.2 Å². The highest BCUT2D eigenvalue weighted by atomic mass is 16.5. The van der Waals surface area contributed by atoms with Gasteiger partial charge in [0, 0.05) is 41.3 Å². The van der Waals surface area contributed by atoms with E-state index in [1.54, 1.807) is 0 Å². The first-order valence-electron chi connectivity index (χ1n) is 11.4. The highest BCUT2D eigenvalue weighted by Gasteiger charge is 2.36. The van der Waals surface area contributed by atoms with Crippen LogP contribution in [0.1, 0.15) is 41.4 Å².